The van der Waals surface area contributed by atoms with Crippen LogP contribution in [0.15, 0.2) is 30.3 Å². The third-order valence-electron chi connectivity index (χ3n) is 2.77. The lowest BCUT2D eigenvalue weighted by Crippen LogP contribution is -2.10. The Hall–Kier alpha value is -2.62. The van der Waals surface area contributed by atoms with Crippen LogP contribution in [0.1, 0.15) is 16.8 Å². The number of para-hydroxylation sites is 1. The molecule has 7 heteroatoms. The number of aryl methyl sites for hydroxylation is 1. The molecule has 0 aliphatic rings. The lowest BCUT2D eigenvalue weighted by atomic mass is 10.1. The van der Waals surface area contributed by atoms with Gasteiger partial charge in [0.15, 0.2) is 0 Å². The van der Waals surface area contributed by atoms with Crippen LogP contribution in [0.5, 0.6) is 0 Å². The van der Waals surface area contributed by atoms with Crippen LogP contribution in [0.2, 0.25) is 0 Å². The average molecular weight is 295 g/mol. The summed E-state index contributed by atoms with van der Waals surface area (Å²) in [6.45, 7) is 1.59. The van der Waals surface area contributed by atoms with Gasteiger partial charge in [-0.25, -0.2) is 9.37 Å². The lowest BCUT2D eigenvalue weighted by Gasteiger charge is -2.13. The Morgan fingerprint density at radius 1 is 1.19 bits per heavy atom. The molecule has 1 aromatic carbocycles. The van der Waals surface area contributed by atoms with Crippen LogP contribution in [-0.2, 0) is 6.18 Å². The molecule has 0 aliphatic heterocycles. The Morgan fingerprint density at radius 3 is 2.48 bits per heavy atom. The van der Waals surface area contributed by atoms with Gasteiger partial charge >= 0.3 is 6.18 Å². The van der Waals surface area contributed by atoms with E-state index in [1.165, 1.54) is 6.07 Å². The number of alkyl halides is 3. The van der Waals surface area contributed by atoms with Crippen molar-refractivity contribution in [1.82, 2.24) is 4.98 Å². The highest BCUT2D eigenvalue weighted by atomic mass is 19.4. The maximum Gasteiger partial charge on any atom is 0.433 e. The number of hydrogen-bond acceptors (Lipinski definition) is 3. The van der Waals surface area contributed by atoms with E-state index in [1.807, 2.05) is 0 Å². The van der Waals surface area contributed by atoms with Gasteiger partial charge in [0, 0.05) is 0 Å². The van der Waals surface area contributed by atoms with Gasteiger partial charge in [0.05, 0.1) is 11.3 Å². The fourth-order valence-electron chi connectivity index (χ4n) is 1.71. The molecule has 0 saturated carbocycles. The fourth-order valence-corrected chi connectivity index (χ4v) is 1.71. The van der Waals surface area contributed by atoms with Crippen LogP contribution < -0.4 is 5.32 Å². The number of halogens is 4. The van der Waals surface area contributed by atoms with Crippen molar-refractivity contribution in [2.45, 2.75) is 13.1 Å². The number of nitriles is 1. The molecule has 0 spiro atoms. The quantitative estimate of drug-likeness (QED) is 0.846. The lowest BCUT2D eigenvalue weighted by molar-refractivity contribution is -0.141. The van der Waals surface area contributed by atoms with E-state index < -0.39 is 17.7 Å². The zero-order chi connectivity index (χ0) is 15.6. The van der Waals surface area contributed by atoms with E-state index in [0.29, 0.717) is 11.6 Å². The van der Waals surface area contributed by atoms with Crippen molar-refractivity contribution in [1.29, 1.82) is 5.26 Å². The largest absolute Gasteiger partial charge is 0.433 e. The minimum atomic E-state index is -4.64. The van der Waals surface area contributed by atoms with Gasteiger partial charge in [-0.05, 0) is 30.7 Å². The van der Waals surface area contributed by atoms with Crippen molar-refractivity contribution in [3.05, 3.63) is 53.0 Å². The molecule has 2 aromatic rings. The van der Waals surface area contributed by atoms with Crippen LogP contribution in [0.25, 0.3) is 0 Å². The highest BCUT2D eigenvalue weighted by Crippen LogP contribution is 2.31. The molecular formula is C14H9F4N3. The third kappa shape index (κ3) is 3.11. The first kappa shape index (κ1) is 14.8. The van der Waals surface area contributed by atoms with E-state index in [-0.39, 0.29) is 17.1 Å². The van der Waals surface area contributed by atoms with E-state index in [4.69, 9.17) is 5.26 Å². The van der Waals surface area contributed by atoms with Crippen molar-refractivity contribution < 1.29 is 17.6 Å². The molecule has 1 aromatic heterocycles. The average Bonchev–Trinajstić information content (AvgIpc) is 2.42. The maximum atomic E-state index is 13.7. The molecule has 1 N–H and O–H groups in total. The summed E-state index contributed by atoms with van der Waals surface area (Å²) in [4.78, 5) is 3.37. The molecule has 0 saturated heterocycles. The molecule has 21 heavy (non-hydrogen) atoms. The Labute approximate surface area is 117 Å². The Morgan fingerprint density at radius 2 is 1.90 bits per heavy atom. The Bertz CT molecular complexity index is 697. The predicted octanol–water partition coefficient (Wildman–Crippen LogP) is 4.16. The molecule has 0 radical (unpaired) electrons. The van der Waals surface area contributed by atoms with Crippen LogP contribution in [0, 0.1) is 24.1 Å². The number of nitrogens with one attached hydrogen (secondary N) is 1. The van der Waals surface area contributed by atoms with Crippen molar-refractivity contribution in [2.75, 3.05) is 5.32 Å². The number of nitrogens with zero attached hydrogens (tertiary/aromatic N) is 2. The summed E-state index contributed by atoms with van der Waals surface area (Å²) in [5.74, 6) is -0.973. The highest BCUT2D eigenvalue weighted by Gasteiger charge is 2.33. The topological polar surface area (TPSA) is 48.7 Å². The summed E-state index contributed by atoms with van der Waals surface area (Å²) in [6, 6.07) is 7.64. The molecule has 1 heterocycles. The van der Waals surface area contributed by atoms with Crippen LogP contribution in [-0.4, -0.2) is 4.98 Å². The van der Waals surface area contributed by atoms with Gasteiger partial charge in [0.25, 0.3) is 0 Å². The van der Waals surface area contributed by atoms with Gasteiger partial charge in [0.1, 0.15) is 23.4 Å². The second-order valence-corrected chi connectivity index (χ2v) is 4.26. The van der Waals surface area contributed by atoms with Gasteiger partial charge in [-0.15, -0.1) is 0 Å². The Balaban J connectivity index is 2.51. The number of rotatable bonds is 2. The highest BCUT2D eigenvalue weighted by molar-refractivity contribution is 5.66. The summed E-state index contributed by atoms with van der Waals surface area (Å²) in [5.41, 5.74) is -0.789. The summed E-state index contributed by atoms with van der Waals surface area (Å²) in [5, 5.41) is 11.4. The minimum Gasteiger partial charge on any atom is -0.337 e. The molecule has 0 atom stereocenters. The predicted molar refractivity (Wildman–Crippen MR) is 68.4 cm³/mol. The van der Waals surface area contributed by atoms with Crippen molar-refractivity contribution in [2.24, 2.45) is 0 Å². The van der Waals surface area contributed by atoms with Crippen LogP contribution in [0.3, 0.4) is 0 Å². The molecule has 0 fully saturated rings. The van der Waals surface area contributed by atoms with E-state index in [9.17, 15) is 17.6 Å². The zero-order valence-electron chi connectivity index (χ0n) is 10.8. The smallest absolute Gasteiger partial charge is 0.337 e. The summed E-state index contributed by atoms with van der Waals surface area (Å²) >= 11 is 0. The Kier molecular flexibility index (Phi) is 3.80. The molecule has 3 nitrogen and oxygen atoms in total. The van der Waals surface area contributed by atoms with Gasteiger partial charge in [-0.3, -0.25) is 0 Å². The van der Waals surface area contributed by atoms with Crippen LogP contribution >= 0.6 is 0 Å². The van der Waals surface area contributed by atoms with Gasteiger partial charge in [-0.2, -0.15) is 18.4 Å². The van der Waals surface area contributed by atoms with Crippen molar-refractivity contribution in [3.63, 3.8) is 0 Å². The zero-order valence-corrected chi connectivity index (χ0v) is 10.8. The molecule has 0 aliphatic carbocycles. The second kappa shape index (κ2) is 5.40. The monoisotopic (exact) mass is 295 g/mol. The van der Waals surface area contributed by atoms with Gasteiger partial charge in [-0.1, -0.05) is 12.1 Å². The number of pyridine rings is 1. The minimum absolute atomic E-state index is 0.0131. The van der Waals surface area contributed by atoms with Crippen molar-refractivity contribution >= 4 is 11.5 Å². The van der Waals surface area contributed by atoms with Crippen molar-refractivity contribution in [3.8, 4) is 6.07 Å². The first-order valence-corrected chi connectivity index (χ1v) is 5.83. The molecule has 0 unspecified atom stereocenters. The maximum absolute atomic E-state index is 13.7. The van der Waals surface area contributed by atoms with E-state index in [0.717, 1.165) is 12.1 Å². The summed E-state index contributed by atoms with van der Waals surface area (Å²) in [6.07, 6.45) is -4.64. The number of hydrogen-bond donors (Lipinski definition) is 1. The molecule has 108 valence electrons. The first-order chi connectivity index (χ1) is 9.82. The van der Waals surface area contributed by atoms with Gasteiger partial charge < -0.3 is 5.32 Å². The summed E-state index contributed by atoms with van der Waals surface area (Å²) < 4.78 is 51.7. The second-order valence-electron chi connectivity index (χ2n) is 4.26. The van der Waals surface area contributed by atoms with E-state index in [2.05, 4.69) is 10.3 Å². The molecular weight excluding hydrogens is 286 g/mol. The summed E-state index contributed by atoms with van der Waals surface area (Å²) in [7, 11) is 0. The standard InChI is InChI=1S/C14H9F4N3/c1-8-3-2-4-10(15)12(8)21-13-9(7-19)5-6-11(20-13)14(16,17)18/h2-6H,1H3,(H,20,21). The van der Waals surface area contributed by atoms with E-state index in [1.54, 1.807) is 19.1 Å². The van der Waals surface area contributed by atoms with Crippen LogP contribution in [0.4, 0.5) is 29.1 Å². The number of benzene rings is 1. The molecule has 0 amide bonds. The number of anilines is 2. The number of aromatic nitrogens is 1. The molecule has 0 bridgehead atoms. The molecule has 2 rings (SSSR count). The van der Waals surface area contributed by atoms with Gasteiger partial charge in [0.2, 0.25) is 0 Å². The first-order valence-electron chi connectivity index (χ1n) is 5.83. The fraction of sp³-hybridized carbons (Fsp3) is 0.143. The van der Waals surface area contributed by atoms with E-state index >= 15 is 0 Å². The SMILES string of the molecule is Cc1cccc(F)c1Nc1nc(C(F)(F)F)ccc1C#N. The third-order valence-corrected chi connectivity index (χ3v) is 2.77. The normalized spacial score (nSPS) is 11.0.